The van der Waals surface area contributed by atoms with Crippen LogP contribution in [0.15, 0.2) is 53.8 Å². The molecule has 1 aromatic heterocycles. The van der Waals surface area contributed by atoms with Gasteiger partial charge in [-0.15, -0.1) is 24.0 Å². The van der Waals surface area contributed by atoms with Crippen molar-refractivity contribution in [3.05, 3.63) is 59.9 Å². The first-order chi connectivity index (χ1) is 12.2. The third kappa shape index (κ3) is 8.23. The van der Waals surface area contributed by atoms with Crippen molar-refractivity contribution in [1.29, 1.82) is 0 Å². The highest BCUT2D eigenvalue weighted by atomic mass is 127. The van der Waals surface area contributed by atoms with Crippen LogP contribution in [-0.4, -0.2) is 30.2 Å². The number of guanidine groups is 1. The fourth-order valence-electron chi connectivity index (χ4n) is 2.53. The predicted octanol–water partition coefficient (Wildman–Crippen LogP) is 3.87. The molecule has 0 spiro atoms. The van der Waals surface area contributed by atoms with Gasteiger partial charge < -0.3 is 19.9 Å². The Bertz CT molecular complexity index is 642. The molecule has 1 heterocycles. The number of benzene rings is 1. The number of ether oxygens (including phenoxy) is 1. The fourth-order valence-corrected chi connectivity index (χ4v) is 2.53. The summed E-state index contributed by atoms with van der Waals surface area (Å²) in [5, 5.41) is 6.64. The number of aromatic nitrogens is 1. The fraction of sp³-hybridized carbons (Fsp3) is 0.450. The van der Waals surface area contributed by atoms with Gasteiger partial charge in [-0.2, -0.15) is 0 Å². The molecule has 0 saturated heterocycles. The minimum atomic E-state index is 0. The molecule has 1 unspecified atom stereocenters. The minimum Gasteiger partial charge on any atom is -0.374 e. The van der Waals surface area contributed by atoms with E-state index in [-0.39, 0.29) is 30.1 Å². The molecule has 1 aromatic carbocycles. The number of aliphatic imine (C=N–C) groups is 1. The van der Waals surface area contributed by atoms with Gasteiger partial charge in [0.15, 0.2) is 5.96 Å². The van der Waals surface area contributed by atoms with Crippen LogP contribution in [-0.2, 0) is 18.3 Å². The van der Waals surface area contributed by atoms with E-state index in [0.29, 0.717) is 6.54 Å². The Morgan fingerprint density at radius 1 is 1.19 bits per heavy atom. The summed E-state index contributed by atoms with van der Waals surface area (Å²) in [7, 11) is 2.02. The van der Waals surface area contributed by atoms with Crippen LogP contribution in [0.25, 0.3) is 0 Å². The SMILES string of the molecule is CCNC(=NCc1ccn(C)c1)NCCCOC(C)c1ccccc1.I. The summed E-state index contributed by atoms with van der Waals surface area (Å²) >= 11 is 0. The first kappa shape index (κ1) is 22.5. The average Bonchev–Trinajstić information content (AvgIpc) is 3.05. The Kier molecular flexibility index (Phi) is 11.0. The van der Waals surface area contributed by atoms with E-state index in [4.69, 9.17) is 4.74 Å². The normalized spacial score (nSPS) is 12.3. The molecule has 0 aliphatic carbocycles. The molecule has 2 aromatic rings. The van der Waals surface area contributed by atoms with Crippen LogP contribution >= 0.6 is 24.0 Å². The number of nitrogens with zero attached hydrogens (tertiary/aromatic N) is 2. The summed E-state index contributed by atoms with van der Waals surface area (Å²) < 4.78 is 7.94. The maximum atomic E-state index is 5.90. The molecule has 6 heteroatoms. The summed E-state index contributed by atoms with van der Waals surface area (Å²) in [5.41, 5.74) is 2.42. The van der Waals surface area contributed by atoms with Gasteiger partial charge >= 0.3 is 0 Å². The van der Waals surface area contributed by atoms with Crippen molar-refractivity contribution in [2.24, 2.45) is 12.0 Å². The zero-order chi connectivity index (χ0) is 17.9. The molecule has 1 atom stereocenters. The van der Waals surface area contributed by atoms with Crippen LogP contribution in [0.3, 0.4) is 0 Å². The molecule has 0 aliphatic heterocycles. The summed E-state index contributed by atoms with van der Waals surface area (Å²) in [5.74, 6) is 0.850. The van der Waals surface area contributed by atoms with E-state index >= 15 is 0 Å². The van der Waals surface area contributed by atoms with Gasteiger partial charge in [0.2, 0.25) is 0 Å². The summed E-state index contributed by atoms with van der Waals surface area (Å²) in [6.45, 7) is 7.25. The van der Waals surface area contributed by atoms with Crippen molar-refractivity contribution in [3.8, 4) is 0 Å². The highest BCUT2D eigenvalue weighted by molar-refractivity contribution is 14.0. The minimum absolute atomic E-state index is 0. The molecule has 5 nitrogen and oxygen atoms in total. The maximum absolute atomic E-state index is 5.90. The highest BCUT2D eigenvalue weighted by Crippen LogP contribution is 2.15. The van der Waals surface area contributed by atoms with Gasteiger partial charge in [-0.05, 0) is 37.5 Å². The van der Waals surface area contributed by atoms with E-state index in [2.05, 4.69) is 53.9 Å². The molecule has 0 fully saturated rings. The standard InChI is InChI=1S/C20H30N4O.HI/c1-4-21-20(23-15-18-11-13-24(3)16-18)22-12-8-14-25-17(2)19-9-6-5-7-10-19;/h5-7,9-11,13,16-17H,4,8,12,14-15H2,1-3H3,(H2,21,22,23);1H. The van der Waals surface area contributed by atoms with Gasteiger partial charge in [0.05, 0.1) is 12.6 Å². The summed E-state index contributed by atoms with van der Waals surface area (Å²) in [6.07, 6.45) is 5.19. The van der Waals surface area contributed by atoms with Gasteiger partial charge in [-0.3, -0.25) is 0 Å². The van der Waals surface area contributed by atoms with Gasteiger partial charge in [-0.25, -0.2) is 4.99 Å². The molecule has 26 heavy (non-hydrogen) atoms. The van der Waals surface area contributed by atoms with Crippen LogP contribution in [0.5, 0.6) is 0 Å². The monoisotopic (exact) mass is 470 g/mol. The Balaban J connectivity index is 0.00000338. The zero-order valence-corrected chi connectivity index (χ0v) is 18.3. The number of hydrogen-bond acceptors (Lipinski definition) is 2. The van der Waals surface area contributed by atoms with Crippen LogP contribution in [0.2, 0.25) is 0 Å². The number of aryl methyl sites for hydroxylation is 1. The lowest BCUT2D eigenvalue weighted by Crippen LogP contribution is -2.38. The topological polar surface area (TPSA) is 50.6 Å². The second-order valence-electron chi connectivity index (χ2n) is 6.08. The van der Waals surface area contributed by atoms with Crippen molar-refractivity contribution in [1.82, 2.24) is 15.2 Å². The van der Waals surface area contributed by atoms with Gasteiger partial charge in [0, 0.05) is 39.1 Å². The molecule has 0 bridgehead atoms. The predicted molar refractivity (Wildman–Crippen MR) is 119 cm³/mol. The van der Waals surface area contributed by atoms with E-state index in [1.807, 2.05) is 36.0 Å². The lowest BCUT2D eigenvalue weighted by atomic mass is 10.1. The molecular formula is C20H31IN4O. The van der Waals surface area contributed by atoms with Crippen molar-refractivity contribution >= 4 is 29.9 Å². The van der Waals surface area contributed by atoms with Crippen LogP contribution in [0.4, 0.5) is 0 Å². The number of nitrogens with one attached hydrogen (secondary N) is 2. The van der Waals surface area contributed by atoms with Crippen molar-refractivity contribution in [2.75, 3.05) is 19.7 Å². The Morgan fingerprint density at radius 3 is 2.62 bits per heavy atom. The zero-order valence-electron chi connectivity index (χ0n) is 15.9. The Hall–Kier alpha value is -1.54. The number of hydrogen-bond donors (Lipinski definition) is 2. The molecule has 2 N–H and O–H groups in total. The molecule has 0 saturated carbocycles. The molecular weight excluding hydrogens is 439 g/mol. The lowest BCUT2D eigenvalue weighted by Gasteiger charge is -2.14. The quantitative estimate of drug-likeness (QED) is 0.253. The van der Waals surface area contributed by atoms with Gasteiger partial charge in [0.25, 0.3) is 0 Å². The van der Waals surface area contributed by atoms with Gasteiger partial charge in [-0.1, -0.05) is 30.3 Å². The largest absolute Gasteiger partial charge is 0.374 e. The summed E-state index contributed by atoms with van der Waals surface area (Å²) in [4.78, 5) is 4.62. The number of rotatable bonds is 9. The Morgan fingerprint density at radius 2 is 1.96 bits per heavy atom. The molecule has 0 amide bonds. The average molecular weight is 470 g/mol. The Labute approximate surface area is 174 Å². The third-order valence-electron chi connectivity index (χ3n) is 3.91. The second-order valence-corrected chi connectivity index (χ2v) is 6.08. The first-order valence-electron chi connectivity index (χ1n) is 8.98. The van der Waals surface area contributed by atoms with Crippen LogP contribution in [0, 0.1) is 0 Å². The second kappa shape index (κ2) is 12.8. The molecule has 2 rings (SSSR count). The van der Waals surface area contributed by atoms with E-state index in [1.165, 1.54) is 11.1 Å². The van der Waals surface area contributed by atoms with E-state index in [9.17, 15) is 0 Å². The van der Waals surface area contributed by atoms with Crippen molar-refractivity contribution in [2.45, 2.75) is 32.9 Å². The smallest absolute Gasteiger partial charge is 0.191 e. The maximum Gasteiger partial charge on any atom is 0.191 e. The van der Waals surface area contributed by atoms with Crippen LogP contribution < -0.4 is 10.6 Å². The summed E-state index contributed by atoms with van der Waals surface area (Å²) in [6, 6.07) is 12.4. The molecule has 0 radical (unpaired) electrons. The molecule has 144 valence electrons. The van der Waals surface area contributed by atoms with E-state index in [0.717, 1.165) is 32.1 Å². The van der Waals surface area contributed by atoms with E-state index < -0.39 is 0 Å². The third-order valence-corrected chi connectivity index (χ3v) is 3.91. The highest BCUT2D eigenvalue weighted by Gasteiger charge is 2.04. The van der Waals surface area contributed by atoms with Crippen LogP contribution in [0.1, 0.15) is 37.5 Å². The van der Waals surface area contributed by atoms with Gasteiger partial charge in [0.1, 0.15) is 0 Å². The van der Waals surface area contributed by atoms with Crippen molar-refractivity contribution in [3.63, 3.8) is 0 Å². The van der Waals surface area contributed by atoms with E-state index in [1.54, 1.807) is 0 Å². The first-order valence-corrected chi connectivity index (χ1v) is 8.98. The van der Waals surface area contributed by atoms with Crippen molar-refractivity contribution < 1.29 is 4.74 Å². The number of halogens is 1. The lowest BCUT2D eigenvalue weighted by molar-refractivity contribution is 0.0646. The molecule has 0 aliphatic rings.